The normalized spacial score (nSPS) is 43.5. The van der Waals surface area contributed by atoms with Gasteiger partial charge in [0.2, 0.25) is 0 Å². The molecule has 0 aromatic carbocycles. The molecule has 0 aliphatic heterocycles. The van der Waals surface area contributed by atoms with E-state index in [2.05, 4.69) is 22.0 Å². The second kappa shape index (κ2) is 7.34. The van der Waals surface area contributed by atoms with Crippen LogP contribution >= 0.6 is 0 Å². The molecule has 4 fully saturated rings. The maximum Gasteiger partial charge on any atom is 0.161 e. The molecule has 4 aliphatic rings. The van der Waals surface area contributed by atoms with Gasteiger partial charge >= 0.3 is 0 Å². The summed E-state index contributed by atoms with van der Waals surface area (Å²) in [5.74, 6) is 4.23. The Bertz CT molecular complexity index is 1030. The molecule has 0 radical (unpaired) electrons. The predicted octanol–water partition coefficient (Wildman–Crippen LogP) is 4.42. The molecule has 4 saturated carbocycles. The first-order chi connectivity index (χ1) is 15.4. The lowest BCUT2D eigenvalue weighted by atomic mass is 9.49. The van der Waals surface area contributed by atoms with Crippen LogP contribution in [0, 0.1) is 40.9 Å². The van der Waals surface area contributed by atoms with Crippen LogP contribution in [0.25, 0.3) is 11.0 Å². The summed E-state index contributed by atoms with van der Waals surface area (Å²) in [6.07, 6.45) is 15.4. The van der Waals surface area contributed by atoms with Crippen LogP contribution in [0.5, 0.6) is 0 Å². The first-order valence-electron chi connectivity index (χ1n) is 12.7. The number of aromatic nitrogens is 4. The van der Waals surface area contributed by atoms with E-state index in [1.54, 1.807) is 17.1 Å². The minimum atomic E-state index is -0.455. The fourth-order valence-electron chi connectivity index (χ4n) is 8.81. The zero-order valence-electron chi connectivity index (χ0n) is 19.4. The van der Waals surface area contributed by atoms with Crippen LogP contribution in [0.15, 0.2) is 18.7 Å². The first kappa shape index (κ1) is 20.8. The van der Waals surface area contributed by atoms with Gasteiger partial charge in [0.25, 0.3) is 0 Å². The van der Waals surface area contributed by atoms with Gasteiger partial charge in [-0.2, -0.15) is 5.10 Å². The number of hydrogen-bond acceptors (Lipinski definition) is 5. The highest BCUT2D eigenvalue weighted by molar-refractivity contribution is 5.83. The average Bonchev–Trinajstić information content (AvgIpc) is 3.33. The SMILES string of the molecule is CC1(O)CCC2C(CCC3C2CCC2(C)C(C(=O)Cn4ncc5cncnc54)CCC32)C1. The first-order valence-corrected chi connectivity index (χ1v) is 12.7. The molecule has 32 heavy (non-hydrogen) atoms. The van der Waals surface area contributed by atoms with Gasteiger partial charge in [-0.1, -0.05) is 6.92 Å². The fourth-order valence-corrected chi connectivity index (χ4v) is 8.81. The maximum atomic E-state index is 13.5. The van der Waals surface area contributed by atoms with Gasteiger partial charge in [-0.3, -0.25) is 4.79 Å². The Morgan fingerprint density at radius 3 is 2.78 bits per heavy atom. The number of Topliss-reactive ketones (excluding diaryl/α,β-unsaturated/α-hetero) is 1. The Morgan fingerprint density at radius 1 is 1.06 bits per heavy atom. The van der Waals surface area contributed by atoms with Crippen LogP contribution in [-0.2, 0) is 11.3 Å². The summed E-state index contributed by atoms with van der Waals surface area (Å²) in [5, 5.41) is 15.9. The Kier molecular flexibility index (Phi) is 4.76. The number of rotatable bonds is 3. The quantitative estimate of drug-likeness (QED) is 0.771. The summed E-state index contributed by atoms with van der Waals surface area (Å²) in [7, 11) is 0. The van der Waals surface area contributed by atoms with E-state index in [9.17, 15) is 9.90 Å². The van der Waals surface area contributed by atoms with Crippen molar-refractivity contribution in [3.05, 3.63) is 18.7 Å². The Labute approximate surface area is 190 Å². The van der Waals surface area contributed by atoms with Gasteiger partial charge in [0, 0.05) is 12.1 Å². The van der Waals surface area contributed by atoms with E-state index in [4.69, 9.17) is 0 Å². The highest BCUT2D eigenvalue weighted by atomic mass is 16.3. The molecule has 172 valence electrons. The molecule has 0 saturated heterocycles. The molecule has 2 heterocycles. The van der Waals surface area contributed by atoms with Crippen molar-refractivity contribution in [3.63, 3.8) is 0 Å². The molecule has 0 bridgehead atoms. The molecule has 1 N–H and O–H groups in total. The molecule has 2 aromatic heterocycles. The van der Waals surface area contributed by atoms with Gasteiger partial charge in [0.15, 0.2) is 11.4 Å². The number of carbonyl (C=O) groups excluding carboxylic acids is 1. The third-order valence-electron chi connectivity index (χ3n) is 10.2. The van der Waals surface area contributed by atoms with E-state index in [0.29, 0.717) is 24.2 Å². The number of hydrogen-bond donors (Lipinski definition) is 1. The Hall–Kier alpha value is -1.82. The fraction of sp³-hybridized carbons (Fsp3) is 0.769. The minimum absolute atomic E-state index is 0.128. The summed E-state index contributed by atoms with van der Waals surface area (Å²) < 4.78 is 1.76. The number of carbonyl (C=O) groups is 1. The second-order valence-corrected chi connectivity index (χ2v) is 11.9. The number of nitrogens with zero attached hydrogens (tertiary/aromatic N) is 4. The summed E-state index contributed by atoms with van der Waals surface area (Å²) >= 11 is 0. The van der Waals surface area contributed by atoms with Crippen LogP contribution in [0.4, 0.5) is 0 Å². The Morgan fingerprint density at radius 2 is 1.91 bits per heavy atom. The summed E-state index contributed by atoms with van der Waals surface area (Å²) in [6, 6.07) is 0. The standard InChI is InChI=1S/C26H36N4O2/c1-25(32)9-7-18-16(11-25)3-4-20-19(18)8-10-26(2)21(20)5-6-22(26)23(31)14-30-24-17(13-29-30)12-27-15-28-24/h12-13,15-16,18-22,32H,3-11,14H2,1-2H3. The lowest BCUT2D eigenvalue weighted by Gasteiger charge is -2.56. The summed E-state index contributed by atoms with van der Waals surface area (Å²) in [5.41, 5.74) is 0.426. The van der Waals surface area contributed by atoms with E-state index in [1.165, 1.54) is 44.9 Å². The largest absolute Gasteiger partial charge is 0.390 e. The number of ketones is 1. The van der Waals surface area contributed by atoms with Crippen molar-refractivity contribution in [1.29, 1.82) is 0 Å². The second-order valence-electron chi connectivity index (χ2n) is 11.9. The average molecular weight is 437 g/mol. The van der Waals surface area contributed by atoms with Crippen molar-refractivity contribution in [2.24, 2.45) is 40.9 Å². The van der Waals surface area contributed by atoms with Gasteiger partial charge < -0.3 is 5.11 Å². The predicted molar refractivity (Wildman–Crippen MR) is 122 cm³/mol. The highest BCUT2D eigenvalue weighted by Crippen LogP contribution is 2.64. The molecular weight excluding hydrogens is 400 g/mol. The smallest absolute Gasteiger partial charge is 0.161 e. The third kappa shape index (κ3) is 3.16. The third-order valence-corrected chi connectivity index (χ3v) is 10.2. The van der Waals surface area contributed by atoms with Gasteiger partial charge in [-0.25, -0.2) is 14.6 Å². The monoisotopic (exact) mass is 436 g/mol. The molecule has 6 heteroatoms. The van der Waals surface area contributed by atoms with Crippen LogP contribution in [0.2, 0.25) is 0 Å². The molecule has 6 nitrogen and oxygen atoms in total. The van der Waals surface area contributed by atoms with Crippen LogP contribution in [0.1, 0.15) is 71.6 Å². The van der Waals surface area contributed by atoms with Crippen LogP contribution in [-0.4, -0.2) is 36.2 Å². The molecule has 8 unspecified atom stereocenters. The Balaban J connectivity index is 1.20. The van der Waals surface area contributed by atoms with Crippen molar-refractivity contribution in [2.75, 3.05) is 0 Å². The summed E-state index contributed by atoms with van der Waals surface area (Å²) in [6.45, 7) is 4.78. The van der Waals surface area contributed by atoms with E-state index in [-0.39, 0.29) is 11.3 Å². The molecule has 4 aliphatic carbocycles. The highest BCUT2D eigenvalue weighted by Gasteiger charge is 2.58. The van der Waals surface area contributed by atoms with Crippen LogP contribution < -0.4 is 0 Å². The van der Waals surface area contributed by atoms with Crippen molar-refractivity contribution in [2.45, 2.75) is 83.8 Å². The number of fused-ring (bicyclic) bond motifs is 6. The maximum absolute atomic E-state index is 13.5. The lowest BCUT2D eigenvalue weighted by Crippen LogP contribution is -2.51. The van der Waals surface area contributed by atoms with Gasteiger partial charge in [-0.05, 0) is 99.7 Å². The van der Waals surface area contributed by atoms with Crippen molar-refractivity contribution in [1.82, 2.24) is 19.7 Å². The van der Waals surface area contributed by atoms with E-state index in [0.717, 1.165) is 48.0 Å². The lowest BCUT2D eigenvalue weighted by molar-refractivity contribution is -0.133. The van der Waals surface area contributed by atoms with E-state index < -0.39 is 5.60 Å². The minimum Gasteiger partial charge on any atom is -0.390 e. The molecule has 6 rings (SSSR count). The van der Waals surface area contributed by atoms with Gasteiger partial charge in [-0.15, -0.1) is 0 Å². The molecule has 8 atom stereocenters. The van der Waals surface area contributed by atoms with Gasteiger partial charge in [0.1, 0.15) is 12.9 Å². The summed E-state index contributed by atoms with van der Waals surface area (Å²) in [4.78, 5) is 21.9. The number of aliphatic hydroxyl groups is 1. The van der Waals surface area contributed by atoms with Crippen molar-refractivity contribution >= 4 is 16.8 Å². The zero-order chi connectivity index (χ0) is 22.1. The van der Waals surface area contributed by atoms with E-state index in [1.807, 2.05) is 6.92 Å². The van der Waals surface area contributed by atoms with E-state index >= 15 is 0 Å². The molecule has 0 spiro atoms. The van der Waals surface area contributed by atoms with Crippen molar-refractivity contribution in [3.8, 4) is 0 Å². The molecule has 2 aromatic rings. The van der Waals surface area contributed by atoms with Gasteiger partial charge in [0.05, 0.1) is 17.2 Å². The van der Waals surface area contributed by atoms with Crippen LogP contribution in [0.3, 0.4) is 0 Å². The zero-order valence-corrected chi connectivity index (χ0v) is 19.4. The molecule has 0 amide bonds. The molecular formula is C26H36N4O2. The van der Waals surface area contributed by atoms with Crippen molar-refractivity contribution < 1.29 is 9.90 Å². The topological polar surface area (TPSA) is 80.9 Å².